The molecular formula is C15H22N2. The van der Waals surface area contributed by atoms with E-state index in [9.17, 15) is 0 Å². The molecule has 1 aliphatic heterocycles. The summed E-state index contributed by atoms with van der Waals surface area (Å²) in [6.07, 6.45) is 5.26. The molecule has 0 amide bonds. The second-order valence-corrected chi connectivity index (χ2v) is 5.65. The summed E-state index contributed by atoms with van der Waals surface area (Å²) in [4.78, 5) is 2.57. The van der Waals surface area contributed by atoms with E-state index < -0.39 is 0 Å². The van der Waals surface area contributed by atoms with E-state index in [2.05, 4.69) is 29.2 Å². The smallest absolute Gasteiger partial charge is 0.0240 e. The Kier molecular flexibility index (Phi) is 3.17. The van der Waals surface area contributed by atoms with Crippen molar-refractivity contribution in [2.75, 3.05) is 6.54 Å². The Hall–Kier alpha value is -0.860. The fourth-order valence-corrected chi connectivity index (χ4v) is 3.33. The number of hydrogen-bond acceptors (Lipinski definition) is 2. The Balaban J connectivity index is 1.61. The molecule has 1 heterocycles. The maximum absolute atomic E-state index is 6.24. The molecule has 0 radical (unpaired) electrons. The highest BCUT2D eigenvalue weighted by atomic mass is 15.1. The first-order valence-corrected chi connectivity index (χ1v) is 6.87. The average Bonchev–Trinajstić information content (AvgIpc) is 2.74. The van der Waals surface area contributed by atoms with E-state index in [0.29, 0.717) is 6.04 Å². The maximum Gasteiger partial charge on any atom is 0.0240 e. The zero-order valence-electron chi connectivity index (χ0n) is 10.4. The van der Waals surface area contributed by atoms with E-state index in [1.807, 2.05) is 0 Å². The topological polar surface area (TPSA) is 29.3 Å². The molecule has 2 nitrogen and oxygen atoms in total. The van der Waals surface area contributed by atoms with Gasteiger partial charge < -0.3 is 5.73 Å². The van der Waals surface area contributed by atoms with Crippen LogP contribution < -0.4 is 5.73 Å². The van der Waals surface area contributed by atoms with Gasteiger partial charge in [-0.25, -0.2) is 0 Å². The van der Waals surface area contributed by atoms with E-state index in [0.717, 1.165) is 19.0 Å². The number of rotatable bonds is 2. The van der Waals surface area contributed by atoms with Crippen molar-refractivity contribution in [3.63, 3.8) is 0 Å². The van der Waals surface area contributed by atoms with Crippen LogP contribution in [0, 0.1) is 5.92 Å². The van der Waals surface area contributed by atoms with Crippen LogP contribution in [-0.2, 0) is 13.1 Å². The normalized spacial score (nSPS) is 29.2. The molecule has 3 rings (SSSR count). The van der Waals surface area contributed by atoms with Gasteiger partial charge in [0.2, 0.25) is 0 Å². The zero-order chi connectivity index (χ0) is 11.7. The van der Waals surface area contributed by atoms with Crippen LogP contribution >= 0.6 is 0 Å². The van der Waals surface area contributed by atoms with Gasteiger partial charge in [-0.1, -0.05) is 37.1 Å². The lowest BCUT2D eigenvalue weighted by molar-refractivity contribution is 0.185. The number of nitrogens with two attached hydrogens (primary N) is 1. The highest BCUT2D eigenvalue weighted by Crippen LogP contribution is 2.28. The van der Waals surface area contributed by atoms with E-state index in [-0.39, 0.29) is 0 Å². The van der Waals surface area contributed by atoms with Gasteiger partial charge >= 0.3 is 0 Å². The van der Waals surface area contributed by atoms with E-state index in [1.54, 1.807) is 0 Å². The van der Waals surface area contributed by atoms with Crippen molar-refractivity contribution in [2.45, 2.75) is 44.8 Å². The lowest BCUT2D eigenvalue weighted by Gasteiger charge is -2.31. The highest BCUT2D eigenvalue weighted by Gasteiger charge is 2.26. The number of benzene rings is 1. The second kappa shape index (κ2) is 4.79. The van der Waals surface area contributed by atoms with Crippen LogP contribution in [0.5, 0.6) is 0 Å². The minimum Gasteiger partial charge on any atom is -0.327 e. The summed E-state index contributed by atoms with van der Waals surface area (Å²) in [5.41, 5.74) is 9.26. The van der Waals surface area contributed by atoms with Gasteiger partial charge in [-0.05, 0) is 29.9 Å². The summed E-state index contributed by atoms with van der Waals surface area (Å²) in [5.74, 6) is 0.720. The van der Waals surface area contributed by atoms with Crippen LogP contribution in [0.25, 0.3) is 0 Å². The second-order valence-electron chi connectivity index (χ2n) is 5.65. The van der Waals surface area contributed by atoms with Crippen LogP contribution in [0.2, 0.25) is 0 Å². The Morgan fingerprint density at radius 1 is 1.06 bits per heavy atom. The zero-order valence-corrected chi connectivity index (χ0v) is 10.4. The van der Waals surface area contributed by atoms with Crippen LogP contribution in [0.15, 0.2) is 24.3 Å². The van der Waals surface area contributed by atoms with Gasteiger partial charge in [0.1, 0.15) is 0 Å². The van der Waals surface area contributed by atoms with Crippen molar-refractivity contribution in [3.8, 4) is 0 Å². The molecule has 2 heteroatoms. The fraction of sp³-hybridized carbons (Fsp3) is 0.600. The van der Waals surface area contributed by atoms with Gasteiger partial charge in [0.25, 0.3) is 0 Å². The number of fused-ring (bicyclic) bond motifs is 1. The third kappa shape index (κ3) is 2.38. The average molecular weight is 230 g/mol. The lowest BCUT2D eigenvalue weighted by Crippen LogP contribution is -2.39. The molecule has 1 aromatic carbocycles. The summed E-state index contributed by atoms with van der Waals surface area (Å²) >= 11 is 0. The molecule has 1 fully saturated rings. The van der Waals surface area contributed by atoms with Crippen molar-refractivity contribution < 1.29 is 0 Å². The lowest BCUT2D eigenvalue weighted by atomic mass is 9.85. The Morgan fingerprint density at radius 2 is 1.71 bits per heavy atom. The molecule has 1 aliphatic carbocycles. The predicted octanol–water partition coefficient (Wildman–Crippen LogP) is 2.52. The summed E-state index contributed by atoms with van der Waals surface area (Å²) in [6.45, 7) is 3.44. The predicted molar refractivity (Wildman–Crippen MR) is 70.5 cm³/mol. The first kappa shape index (κ1) is 11.2. The van der Waals surface area contributed by atoms with Crippen molar-refractivity contribution in [1.29, 1.82) is 0 Å². The minimum absolute atomic E-state index is 0.437. The fourth-order valence-electron chi connectivity index (χ4n) is 3.33. The summed E-state index contributed by atoms with van der Waals surface area (Å²) in [7, 11) is 0. The summed E-state index contributed by atoms with van der Waals surface area (Å²) in [5, 5.41) is 0. The van der Waals surface area contributed by atoms with Crippen molar-refractivity contribution in [2.24, 2.45) is 11.7 Å². The highest BCUT2D eigenvalue weighted by molar-refractivity contribution is 5.30. The molecule has 2 unspecified atom stereocenters. The third-order valence-electron chi connectivity index (χ3n) is 4.37. The quantitative estimate of drug-likeness (QED) is 0.846. The molecule has 17 heavy (non-hydrogen) atoms. The molecule has 0 bridgehead atoms. The van der Waals surface area contributed by atoms with Gasteiger partial charge in [-0.3, -0.25) is 4.90 Å². The molecule has 0 spiro atoms. The Bertz CT molecular complexity index is 363. The first-order valence-electron chi connectivity index (χ1n) is 6.87. The first-order chi connectivity index (χ1) is 8.33. The SMILES string of the molecule is NC1CCCCC1CN1Cc2ccccc2C1. The molecule has 1 aromatic rings. The molecule has 2 atom stereocenters. The third-order valence-corrected chi connectivity index (χ3v) is 4.37. The van der Waals surface area contributed by atoms with Gasteiger partial charge in [0.15, 0.2) is 0 Å². The van der Waals surface area contributed by atoms with E-state index in [4.69, 9.17) is 5.73 Å². The maximum atomic E-state index is 6.24. The standard InChI is InChI=1S/C15H22N2/c16-15-8-4-3-7-14(15)11-17-9-12-5-1-2-6-13(12)10-17/h1-2,5-6,14-15H,3-4,7-11,16H2. The number of nitrogens with zero attached hydrogens (tertiary/aromatic N) is 1. The Morgan fingerprint density at radius 3 is 2.35 bits per heavy atom. The van der Waals surface area contributed by atoms with E-state index in [1.165, 1.54) is 43.4 Å². The van der Waals surface area contributed by atoms with Crippen LogP contribution in [0.3, 0.4) is 0 Å². The van der Waals surface area contributed by atoms with Crippen molar-refractivity contribution >= 4 is 0 Å². The van der Waals surface area contributed by atoms with Gasteiger partial charge in [0, 0.05) is 25.7 Å². The van der Waals surface area contributed by atoms with Crippen molar-refractivity contribution in [3.05, 3.63) is 35.4 Å². The molecule has 2 N–H and O–H groups in total. The molecular weight excluding hydrogens is 208 g/mol. The monoisotopic (exact) mass is 230 g/mol. The van der Waals surface area contributed by atoms with Crippen LogP contribution in [-0.4, -0.2) is 17.5 Å². The van der Waals surface area contributed by atoms with Gasteiger partial charge in [-0.2, -0.15) is 0 Å². The van der Waals surface area contributed by atoms with Crippen LogP contribution in [0.1, 0.15) is 36.8 Å². The Labute approximate surface area is 104 Å². The molecule has 1 saturated carbocycles. The minimum atomic E-state index is 0.437. The summed E-state index contributed by atoms with van der Waals surface area (Å²) in [6, 6.07) is 9.25. The number of hydrogen-bond donors (Lipinski definition) is 1. The molecule has 0 saturated heterocycles. The largest absolute Gasteiger partial charge is 0.327 e. The molecule has 2 aliphatic rings. The van der Waals surface area contributed by atoms with Crippen LogP contribution in [0.4, 0.5) is 0 Å². The van der Waals surface area contributed by atoms with E-state index >= 15 is 0 Å². The molecule has 0 aromatic heterocycles. The van der Waals surface area contributed by atoms with Gasteiger partial charge in [-0.15, -0.1) is 0 Å². The van der Waals surface area contributed by atoms with Gasteiger partial charge in [0.05, 0.1) is 0 Å². The molecule has 92 valence electrons. The summed E-state index contributed by atoms with van der Waals surface area (Å²) < 4.78 is 0. The van der Waals surface area contributed by atoms with Crippen molar-refractivity contribution in [1.82, 2.24) is 4.90 Å².